The summed E-state index contributed by atoms with van der Waals surface area (Å²) in [6.45, 7) is 0.541. The van der Waals surface area contributed by atoms with E-state index in [1.165, 1.54) is 19.3 Å². The van der Waals surface area contributed by atoms with Gasteiger partial charge < -0.3 is 10.2 Å². The molecule has 2 fully saturated rings. The number of carbonyl (C=O) groups is 2. The van der Waals surface area contributed by atoms with Crippen molar-refractivity contribution in [1.29, 1.82) is 0 Å². The van der Waals surface area contributed by atoms with E-state index in [4.69, 9.17) is 0 Å². The number of benzene rings is 1. The SMILES string of the molecule is Cn1cc(-c2cccc(NC(=O)C3CC(=O)N(C4CCCCC4)C3)c2)nn1. The summed E-state index contributed by atoms with van der Waals surface area (Å²) in [6, 6.07) is 7.88. The Balaban J connectivity index is 1.41. The lowest BCUT2D eigenvalue weighted by molar-refractivity contribution is -0.130. The maximum Gasteiger partial charge on any atom is 0.229 e. The molecule has 1 aliphatic carbocycles. The van der Waals surface area contributed by atoms with Crippen LogP contribution in [0.1, 0.15) is 38.5 Å². The summed E-state index contributed by atoms with van der Waals surface area (Å²) in [6.07, 6.45) is 7.90. The molecule has 1 aliphatic heterocycles. The van der Waals surface area contributed by atoms with Crippen LogP contribution in [0.2, 0.25) is 0 Å². The van der Waals surface area contributed by atoms with Gasteiger partial charge in [-0.25, -0.2) is 0 Å². The van der Waals surface area contributed by atoms with Crippen molar-refractivity contribution in [3.05, 3.63) is 30.5 Å². The normalized spacial score (nSPS) is 20.9. The Kier molecular flexibility index (Phi) is 4.92. The zero-order valence-electron chi connectivity index (χ0n) is 15.6. The van der Waals surface area contributed by atoms with Gasteiger partial charge in [0.1, 0.15) is 5.69 Å². The molecule has 1 atom stereocenters. The number of amides is 2. The molecule has 1 saturated carbocycles. The predicted octanol–water partition coefficient (Wildman–Crippen LogP) is 2.60. The Bertz CT molecular complexity index is 840. The highest BCUT2D eigenvalue weighted by molar-refractivity contribution is 5.97. The Labute approximate surface area is 158 Å². The number of nitrogens with zero attached hydrogens (tertiary/aromatic N) is 4. The molecule has 4 rings (SSSR count). The number of carbonyl (C=O) groups excluding carboxylic acids is 2. The molecule has 7 nitrogen and oxygen atoms in total. The van der Waals surface area contributed by atoms with Crippen molar-refractivity contribution in [1.82, 2.24) is 19.9 Å². The first-order valence-electron chi connectivity index (χ1n) is 9.67. The monoisotopic (exact) mass is 367 g/mol. The average Bonchev–Trinajstić information content (AvgIpc) is 3.29. The van der Waals surface area contributed by atoms with Crippen molar-refractivity contribution in [2.75, 3.05) is 11.9 Å². The number of nitrogens with one attached hydrogen (secondary N) is 1. The van der Waals surface area contributed by atoms with Crippen LogP contribution in [-0.4, -0.2) is 44.3 Å². The van der Waals surface area contributed by atoms with Crippen LogP contribution >= 0.6 is 0 Å². The zero-order chi connectivity index (χ0) is 18.8. The maximum atomic E-state index is 12.7. The van der Waals surface area contributed by atoms with Crippen LogP contribution in [0.4, 0.5) is 5.69 Å². The van der Waals surface area contributed by atoms with Crippen LogP contribution in [-0.2, 0) is 16.6 Å². The van der Waals surface area contributed by atoms with Crippen molar-refractivity contribution in [3.8, 4) is 11.3 Å². The van der Waals surface area contributed by atoms with Crippen LogP contribution < -0.4 is 5.32 Å². The molecule has 2 aromatic rings. The van der Waals surface area contributed by atoms with Crippen LogP contribution in [0.3, 0.4) is 0 Å². The first kappa shape index (κ1) is 17.7. The van der Waals surface area contributed by atoms with Gasteiger partial charge in [-0.3, -0.25) is 14.3 Å². The van der Waals surface area contributed by atoms with Crippen molar-refractivity contribution >= 4 is 17.5 Å². The van der Waals surface area contributed by atoms with Crippen molar-refractivity contribution in [2.24, 2.45) is 13.0 Å². The fraction of sp³-hybridized carbons (Fsp3) is 0.500. The Morgan fingerprint density at radius 1 is 1.22 bits per heavy atom. The first-order chi connectivity index (χ1) is 13.1. The van der Waals surface area contributed by atoms with Crippen molar-refractivity contribution < 1.29 is 9.59 Å². The minimum Gasteiger partial charge on any atom is -0.339 e. The van der Waals surface area contributed by atoms with Crippen LogP contribution in [0.25, 0.3) is 11.3 Å². The Hall–Kier alpha value is -2.70. The maximum absolute atomic E-state index is 12.7. The van der Waals surface area contributed by atoms with E-state index in [9.17, 15) is 9.59 Å². The lowest BCUT2D eigenvalue weighted by Crippen LogP contribution is -2.38. The van der Waals surface area contributed by atoms with Gasteiger partial charge in [-0.05, 0) is 25.0 Å². The number of hydrogen-bond donors (Lipinski definition) is 1. The second kappa shape index (κ2) is 7.50. The molecule has 1 unspecified atom stereocenters. The molecule has 2 amide bonds. The summed E-state index contributed by atoms with van der Waals surface area (Å²) in [7, 11) is 1.82. The van der Waals surface area contributed by atoms with E-state index in [-0.39, 0.29) is 17.7 Å². The fourth-order valence-electron chi connectivity index (χ4n) is 4.13. The molecule has 0 radical (unpaired) electrons. The van der Waals surface area contributed by atoms with Gasteiger partial charge in [-0.2, -0.15) is 0 Å². The third-order valence-electron chi connectivity index (χ3n) is 5.57. The number of aromatic nitrogens is 3. The zero-order valence-corrected chi connectivity index (χ0v) is 15.6. The van der Waals surface area contributed by atoms with Gasteiger partial charge in [0.05, 0.1) is 12.1 Å². The van der Waals surface area contributed by atoms with Crippen LogP contribution in [0.15, 0.2) is 30.5 Å². The van der Waals surface area contributed by atoms with Gasteiger partial charge in [0.25, 0.3) is 0 Å². The number of anilines is 1. The van der Waals surface area contributed by atoms with Gasteiger partial charge in [-0.1, -0.05) is 36.6 Å². The summed E-state index contributed by atoms with van der Waals surface area (Å²) >= 11 is 0. The number of likely N-dealkylation sites (tertiary alicyclic amines) is 1. The minimum absolute atomic E-state index is 0.0852. The van der Waals surface area contributed by atoms with E-state index in [2.05, 4.69) is 15.6 Å². The topological polar surface area (TPSA) is 80.1 Å². The van der Waals surface area contributed by atoms with E-state index in [0.29, 0.717) is 24.7 Å². The summed E-state index contributed by atoms with van der Waals surface area (Å²) in [5, 5.41) is 11.0. The van der Waals surface area contributed by atoms with Crippen molar-refractivity contribution in [3.63, 3.8) is 0 Å². The van der Waals surface area contributed by atoms with E-state index < -0.39 is 0 Å². The lowest BCUT2D eigenvalue weighted by atomic mass is 9.94. The highest BCUT2D eigenvalue weighted by atomic mass is 16.2. The van der Waals surface area contributed by atoms with Gasteiger partial charge in [0.2, 0.25) is 11.8 Å². The van der Waals surface area contributed by atoms with E-state index in [1.54, 1.807) is 4.68 Å². The molecule has 142 valence electrons. The molecule has 1 saturated heterocycles. The highest BCUT2D eigenvalue weighted by Crippen LogP contribution is 2.29. The van der Waals surface area contributed by atoms with Gasteiger partial charge in [0.15, 0.2) is 0 Å². The summed E-state index contributed by atoms with van der Waals surface area (Å²) in [4.78, 5) is 27.1. The largest absolute Gasteiger partial charge is 0.339 e. The first-order valence-corrected chi connectivity index (χ1v) is 9.67. The van der Waals surface area contributed by atoms with Crippen LogP contribution in [0.5, 0.6) is 0 Å². The van der Waals surface area contributed by atoms with Gasteiger partial charge >= 0.3 is 0 Å². The van der Waals surface area contributed by atoms with E-state index >= 15 is 0 Å². The molecular formula is C20H25N5O2. The molecule has 1 aromatic carbocycles. The molecule has 0 bridgehead atoms. The molecule has 7 heteroatoms. The van der Waals surface area contributed by atoms with Crippen molar-refractivity contribution in [2.45, 2.75) is 44.6 Å². The molecule has 2 heterocycles. The minimum atomic E-state index is -0.278. The smallest absolute Gasteiger partial charge is 0.229 e. The van der Waals surface area contributed by atoms with E-state index in [1.807, 2.05) is 42.4 Å². The average molecular weight is 367 g/mol. The van der Waals surface area contributed by atoms with E-state index in [0.717, 1.165) is 24.1 Å². The lowest BCUT2D eigenvalue weighted by Gasteiger charge is -2.31. The molecular weight excluding hydrogens is 342 g/mol. The summed E-state index contributed by atoms with van der Waals surface area (Å²) in [5.41, 5.74) is 2.37. The molecule has 0 spiro atoms. The summed E-state index contributed by atoms with van der Waals surface area (Å²) < 4.78 is 1.64. The summed E-state index contributed by atoms with van der Waals surface area (Å²) in [5.74, 6) is -0.243. The molecule has 2 aliphatic rings. The highest BCUT2D eigenvalue weighted by Gasteiger charge is 2.38. The van der Waals surface area contributed by atoms with Crippen LogP contribution in [0, 0.1) is 5.92 Å². The number of rotatable bonds is 4. The van der Waals surface area contributed by atoms with Gasteiger partial charge in [0, 0.05) is 37.3 Å². The number of aryl methyl sites for hydroxylation is 1. The third kappa shape index (κ3) is 3.86. The Morgan fingerprint density at radius 3 is 2.78 bits per heavy atom. The second-order valence-electron chi connectivity index (χ2n) is 7.59. The Morgan fingerprint density at radius 2 is 2.04 bits per heavy atom. The molecule has 1 aromatic heterocycles. The third-order valence-corrected chi connectivity index (χ3v) is 5.57. The number of hydrogen-bond acceptors (Lipinski definition) is 4. The fourth-order valence-corrected chi connectivity index (χ4v) is 4.13. The molecule has 27 heavy (non-hydrogen) atoms. The predicted molar refractivity (Wildman–Crippen MR) is 102 cm³/mol. The standard InChI is InChI=1S/C20H25N5O2/c1-24-13-18(22-23-24)14-6-5-7-16(10-14)21-20(27)15-11-19(26)25(12-15)17-8-3-2-4-9-17/h5-7,10,13,15,17H,2-4,8-9,11-12H2,1H3,(H,21,27). The quantitative estimate of drug-likeness (QED) is 0.901. The van der Waals surface area contributed by atoms with Gasteiger partial charge in [-0.15, -0.1) is 5.10 Å². The molecule has 1 N–H and O–H groups in total. The second-order valence-corrected chi connectivity index (χ2v) is 7.59.